The Morgan fingerprint density at radius 3 is 3.00 bits per heavy atom. The van der Waals surface area contributed by atoms with Crippen LogP contribution in [0.15, 0.2) is 18.2 Å². The van der Waals surface area contributed by atoms with Gasteiger partial charge in [0.05, 0.1) is 7.11 Å². The molecule has 0 aliphatic carbocycles. The summed E-state index contributed by atoms with van der Waals surface area (Å²) in [7, 11) is 1.39. The summed E-state index contributed by atoms with van der Waals surface area (Å²) in [5.41, 5.74) is 2.54. The van der Waals surface area contributed by atoms with E-state index in [2.05, 4.69) is 20.8 Å². The highest BCUT2D eigenvalue weighted by molar-refractivity contribution is 6.04. The van der Waals surface area contributed by atoms with Gasteiger partial charge in [0.1, 0.15) is 0 Å². The molecule has 118 valence electrons. The first-order chi connectivity index (χ1) is 10.2. The van der Waals surface area contributed by atoms with Crippen molar-refractivity contribution in [1.29, 1.82) is 0 Å². The molecular weight excluding hydrogens is 311 g/mol. The average Bonchev–Trinajstić information content (AvgIpc) is 2.91. The van der Waals surface area contributed by atoms with Crippen molar-refractivity contribution in [3.8, 4) is 5.75 Å². The van der Waals surface area contributed by atoms with E-state index in [1.54, 1.807) is 6.07 Å². The third-order valence-electron chi connectivity index (χ3n) is 3.43. The third kappa shape index (κ3) is 3.05. The smallest absolute Gasteiger partial charge is 0.276 e. The number of hydrogen-bond acceptors (Lipinski definition) is 4. The number of carbonyl (C=O) groups is 1. The van der Waals surface area contributed by atoms with Gasteiger partial charge in [-0.3, -0.25) is 9.89 Å². The van der Waals surface area contributed by atoms with Crippen LogP contribution < -0.4 is 15.4 Å². The number of rotatable bonds is 3. The van der Waals surface area contributed by atoms with Crippen molar-refractivity contribution in [2.45, 2.75) is 13.0 Å². The normalized spacial score (nSPS) is 13.0. The molecule has 0 radical (unpaired) electrons. The minimum atomic E-state index is -0.527. The number of halogens is 2. The molecule has 0 bridgehead atoms. The molecule has 22 heavy (non-hydrogen) atoms. The van der Waals surface area contributed by atoms with Crippen LogP contribution in [0.4, 0.5) is 10.1 Å². The molecular formula is C14H16ClFN4O2. The Bertz CT molecular complexity index is 689. The van der Waals surface area contributed by atoms with Crippen molar-refractivity contribution in [2.24, 2.45) is 0 Å². The van der Waals surface area contributed by atoms with Gasteiger partial charge in [-0.1, -0.05) is 0 Å². The van der Waals surface area contributed by atoms with Crippen molar-refractivity contribution in [2.75, 3.05) is 19.0 Å². The summed E-state index contributed by atoms with van der Waals surface area (Å²) >= 11 is 0. The van der Waals surface area contributed by atoms with E-state index in [9.17, 15) is 9.18 Å². The fourth-order valence-electron chi connectivity index (χ4n) is 2.35. The lowest BCUT2D eigenvalue weighted by atomic mass is 10.1. The number of hydrogen-bond donors (Lipinski definition) is 3. The first-order valence-electron chi connectivity index (χ1n) is 6.60. The van der Waals surface area contributed by atoms with Gasteiger partial charge in [0.25, 0.3) is 5.91 Å². The SMILES string of the molecule is COc1ccc(NC(=O)c2n[nH]c3c2CNCC3)cc1F.Cl. The number of amides is 1. The number of carbonyl (C=O) groups excluding carboxylic acids is 1. The number of methoxy groups -OCH3 is 1. The second kappa shape index (κ2) is 6.76. The quantitative estimate of drug-likeness (QED) is 0.804. The molecule has 1 aromatic carbocycles. The zero-order valence-corrected chi connectivity index (χ0v) is 12.7. The number of aromatic amines is 1. The Morgan fingerprint density at radius 1 is 1.45 bits per heavy atom. The van der Waals surface area contributed by atoms with E-state index in [1.165, 1.54) is 19.2 Å². The third-order valence-corrected chi connectivity index (χ3v) is 3.43. The minimum absolute atomic E-state index is 0. The predicted molar refractivity (Wildman–Crippen MR) is 82.2 cm³/mol. The Labute approximate surface area is 132 Å². The lowest BCUT2D eigenvalue weighted by Crippen LogP contribution is -2.25. The van der Waals surface area contributed by atoms with Crippen LogP contribution in [-0.2, 0) is 13.0 Å². The van der Waals surface area contributed by atoms with Crippen LogP contribution in [0, 0.1) is 5.82 Å². The number of H-pyrrole nitrogens is 1. The standard InChI is InChI=1S/C14H15FN4O2.ClH/c1-21-12-3-2-8(6-10(12)15)17-14(20)13-9-7-16-5-4-11(9)18-19-13;/h2-3,6,16H,4-5,7H2,1H3,(H,17,20)(H,18,19);1H. The summed E-state index contributed by atoms with van der Waals surface area (Å²) < 4.78 is 18.4. The van der Waals surface area contributed by atoms with Crippen molar-refractivity contribution in [3.63, 3.8) is 0 Å². The second-order valence-electron chi connectivity index (χ2n) is 4.76. The Kier molecular flexibility index (Phi) is 4.99. The molecule has 3 N–H and O–H groups in total. The van der Waals surface area contributed by atoms with Gasteiger partial charge in [-0.05, 0) is 12.1 Å². The molecule has 3 rings (SSSR count). The zero-order valence-electron chi connectivity index (χ0n) is 11.9. The monoisotopic (exact) mass is 326 g/mol. The van der Waals surface area contributed by atoms with Gasteiger partial charge < -0.3 is 15.4 Å². The van der Waals surface area contributed by atoms with Gasteiger partial charge in [-0.25, -0.2) is 4.39 Å². The average molecular weight is 327 g/mol. The highest BCUT2D eigenvalue weighted by Crippen LogP contribution is 2.22. The van der Waals surface area contributed by atoms with Crippen LogP contribution in [0.2, 0.25) is 0 Å². The van der Waals surface area contributed by atoms with Crippen LogP contribution in [0.3, 0.4) is 0 Å². The van der Waals surface area contributed by atoms with E-state index in [1.807, 2.05) is 0 Å². The van der Waals surface area contributed by atoms with Crippen LogP contribution in [0.1, 0.15) is 21.7 Å². The van der Waals surface area contributed by atoms with Gasteiger partial charge in [-0.2, -0.15) is 5.10 Å². The van der Waals surface area contributed by atoms with E-state index < -0.39 is 5.82 Å². The lowest BCUT2D eigenvalue weighted by Gasteiger charge is -2.13. The molecule has 0 spiro atoms. The van der Waals surface area contributed by atoms with Gasteiger partial charge >= 0.3 is 0 Å². The molecule has 1 aliphatic rings. The Hall–Kier alpha value is -2.12. The number of ether oxygens (including phenoxy) is 1. The van der Waals surface area contributed by atoms with Gasteiger partial charge in [0.2, 0.25) is 0 Å². The van der Waals surface area contributed by atoms with Gasteiger partial charge in [0, 0.05) is 42.5 Å². The van der Waals surface area contributed by atoms with Crippen LogP contribution in [-0.4, -0.2) is 29.8 Å². The van der Waals surface area contributed by atoms with E-state index in [0.717, 1.165) is 24.2 Å². The molecule has 8 heteroatoms. The van der Waals surface area contributed by atoms with Crippen LogP contribution >= 0.6 is 12.4 Å². The maximum atomic E-state index is 13.6. The van der Waals surface area contributed by atoms with E-state index >= 15 is 0 Å². The summed E-state index contributed by atoms with van der Waals surface area (Å²) in [4.78, 5) is 12.2. The topological polar surface area (TPSA) is 79.0 Å². The Morgan fingerprint density at radius 2 is 2.27 bits per heavy atom. The molecule has 2 aromatic rings. The van der Waals surface area contributed by atoms with Crippen molar-refractivity contribution in [1.82, 2.24) is 15.5 Å². The fourth-order valence-corrected chi connectivity index (χ4v) is 2.35. The van der Waals surface area contributed by atoms with Crippen molar-refractivity contribution < 1.29 is 13.9 Å². The minimum Gasteiger partial charge on any atom is -0.494 e. The molecule has 0 saturated heterocycles. The summed E-state index contributed by atoms with van der Waals surface area (Å²) in [5.74, 6) is -0.754. The van der Waals surface area contributed by atoms with Crippen molar-refractivity contribution in [3.05, 3.63) is 41.0 Å². The van der Waals surface area contributed by atoms with E-state index in [4.69, 9.17) is 4.74 Å². The second-order valence-corrected chi connectivity index (χ2v) is 4.76. The van der Waals surface area contributed by atoms with Crippen molar-refractivity contribution >= 4 is 24.0 Å². The Balaban J connectivity index is 0.00000176. The summed E-state index contributed by atoms with van der Waals surface area (Å²) in [6, 6.07) is 4.26. The summed E-state index contributed by atoms with van der Waals surface area (Å²) in [6.45, 7) is 1.46. The first kappa shape index (κ1) is 16.3. The zero-order chi connectivity index (χ0) is 14.8. The number of nitrogens with zero attached hydrogens (tertiary/aromatic N) is 1. The molecule has 0 fully saturated rings. The molecule has 1 amide bonds. The van der Waals surface area contributed by atoms with Crippen LogP contribution in [0.5, 0.6) is 5.75 Å². The van der Waals surface area contributed by atoms with Gasteiger partial charge in [0.15, 0.2) is 17.3 Å². The highest BCUT2D eigenvalue weighted by atomic mass is 35.5. The summed E-state index contributed by atoms with van der Waals surface area (Å²) in [5, 5.41) is 12.8. The van der Waals surface area contributed by atoms with Crippen LogP contribution in [0.25, 0.3) is 0 Å². The molecule has 1 aromatic heterocycles. The molecule has 6 nitrogen and oxygen atoms in total. The largest absolute Gasteiger partial charge is 0.494 e. The highest BCUT2D eigenvalue weighted by Gasteiger charge is 2.21. The van der Waals surface area contributed by atoms with E-state index in [-0.39, 0.29) is 24.1 Å². The molecule has 0 atom stereocenters. The molecule has 0 unspecified atom stereocenters. The number of anilines is 1. The summed E-state index contributed by atoms with van der Waals surface area (Å²) in [6.07, 6.45) is 0.812. The molecule has 2 heterocycles. The number of aromatic nitrogens is 2. The first-order valence-corrected chi connectivity index (χ1v) is 6.60. The van der Waals surface area contributed by atoms with E-state index in [0.29, 0.717) is 17.9 Å². The predicted octanol–water partition coefficient (Wildman–Crippen LogP) is 1.88. The van der Waals surface area contributed by atoms with Gasteiger partial charge in [-0.15, -0.1) is 12.4 Å². The number of benzene rings is 1. The molecule has 1 aliphatic heterocycles. The molecule has 0 saturated carbocycles. The lowest BCUT2D eigenvalue weighted by molar-refractivity contribution is 0.102. The fraction of sp³-hybridized carbons (Fsp3) is 0.286. The number of nitrogens with one attached hydrogen (secondary N) is 3. The number of fused-ring (bicyclic) bond motifs is 1. The maximum Gasteiger partial charge on any atom is 0.276 e. The maximum absolute atomic E-state index is 13.6.